The molecule has 3 heterocycles. The second-order valence-electron chi connectivity index (χ2n) is 12.4. The standard InChI is InChI=1S/C36H38N6O3S/c1-36(2,3)32-23-33(42(40-32)25-11-13-27(46-4)14-12-25)39-35(44)38-30-15-16-31(29-10-6-5-9-28(29)30)45-26-17-18-37-24(21-26)22-34(43)41-19-7-8-20-41/h5-6,9-18,21,23H,7-8,19-20,22H2,1-4H3,(H2,38,39,44). The Labute approximate surface area is 273 Å². The lowest BCUT2D eigenvalue weighted by atomic mass is 9.92. The van der Waals surface area contributed by atoms with E-state index in [9.17, 15) is 9.59 Å². The fraction of sp³-hybridized carbons (Fsp3) is 0.278. The van der Waals surface area contributed by atoms with Crippen LogP contribution in [0, 0.1) is 0 Å². The maximum Gasteiger partial charge on any atom is 0.324 e. The molecule has 2 aromatic heterocycles. The molecule has 2 N–H and O–H groups in total. The lowest BCUT2D eigenvalue weighted by Crippen LogP contribution is -2.29. The van der Waals surface area contributed by atoms with Gasteiger partial charge >= 0.3 is 6.03 Å². The first-order valence-electron chi connectivity index (χ1n) is 15.4. The largest absolute Gasteiger partial charge is 0.457 e. The maximum atomic E-state index is 13.4. The number of pyridine rings is 1. The zero-order chi connectivity index (χ0) is 32.3. The number of ether oxygens (including phenoxy) is 1. The van der Waals surface area contributed by atoms with Gasteiger partial charge in [-0.25, -0.2) is 9.48 Å². The number of benzene rings is 3. The van der Waals surface area contributed by atoms with Crippen LogP contribution in [0.1, 0.15) is 45.0 Å². The molecule has 5 aromatic rings. The van der Waals surface area contributed by atoms with Crippen molar-refractivity contribution in [3.63, 3.8) is 0 Å². The molecule has 1 aliphatic heterocycles. The van der Waals surface area contributed by atoms with Crippen molar-refractivity contribution < 1.29 is 14.3 Å². The summed E-state index contributed by atoms with van der Waals surface area (Å²) in [6.07, 6.45) is 6.05. The molecule has 0 unspecified atom stereocenters. The number of aromatic nitrogens is 3. The predicted molar refractivity (Wildman–Crippen MR) is 184 cm³/mol. The van der Waals surface area contributed by atoms with Crippen molar-refractivity contribution in [1.82, 2.24) is 19.7 Å². The number of likely N-dealkylation sites (tertiary alicyclic amines) is 1. The fourth-order valence-electron chi connectivity index (χ4n) is 5.47. The van der Waals surface area contributed by atoms with E-state index in [1.165, 1.54) is 0 Å². The monoisotopic (exact) mass is 634 g/mol. The number of carbonyl (C=O) groups is 2. The molecule has 0 saturated carbocycles. The Bertz CT molecular complexity index is 1870. The Balaban J connectivity index is 1.21. The molecule has 1 aliphatic rings. The number of urea groups is 1. The highest BCUT2D eigenvalue weighted by atomic mass is 32.2. The van der Waals surface area contributed by atoms with Gasteiger partial charge in [0.05, 0.1) is 29.2 Å². The van der Waals surface area contributed by atoms with Gasteiger partial charge in [0.25, 0.3) is 0 Å². The van der Waals surface area contributed by atoms with Crippen molar-refractivity contribution in [3.05, 3.63) is 96.4 Å². The quantitative estimate of drug-likeness (QED) is 0.168. The topological polar surface area (TPSA) is 101 Å². The number of carbonyl (C=O) groups excluding carboxylic acids is 2. The van der Waals surface area contributed by atoms with Crippen LogP contribution in [0.15, 0.2) is 90.0 Å². The van der Waals surface area contributed by atoms with E-state index in [4.69, 9.17) is 9.84 Å². The smallest absolute Gasteiger partial charge is 0.324 e. The van der Waals surface area contributed by atoms with E-state index in [0.29, 0.717) is 28.7 Å². The van der Waals surface area contributed by atoms with Crippen molar-refractivity contribution in [3.8, 4) is 17.2 Å². The summed E-state index contributed by atoms with van der Waals surface area (Å²) in [5.41, 5.74) is 2.82. The van der Waals surface area contributed by atoms with Gasteiger partial charge in [-0.1, -0.05) is 45.0 Å². The van der Waals surface area contributed by atoms with Crippen LogP contribution in [0.2, 0.25) is 0 Å². The van der Waals surface area contributed by atoms with Crippen molar-refractivity contribution in [2.24, 2.45) is 0 Å². The van der Waals surface area contributed by atoms with Crippen molar-refractivity contribution in [2.75, 3.05) is 30.0 Å². The molecule has 0 radical (unpaired) electrons. The fourth-order valence-corrected chi connectivity index (χ4v) is 5.88. The van der Waals surface area contributed by atoms with Crippen LogP contribution in [-0.2, 0) is 16.6 Å². The molecule has 0 aliphatic carbocycles. The first-order chi connectivity index (χ1) is 22.2. The van der Waals surface area contributed by atoms with Crippen LogP contribution in [0.3, 0.4) is 0 Å². The lowest BCUT2D eigenvalue weighted by molar-refractivity contribution is -0.129. The SMILES string of the molecule is CSc1ccc(-n2nc(C(C)(C)C)cc2NC(=O)Nc2ccc(Oc3ccnc(CC(=O)N4CCCC4)c3)c3ccccc23)cc1. The summed E-state index contributed by atoms with van der Waals surface area (Å²) < 4.78 is 8.07. The highest BCUT2D eigenvalue weighted by Crippen LogP contribution is 2.35. The normalized spacial score (nSPS) is 13.2. The molecule has 6 rings (SSSR count). The highest BCUT2D eigenvalue weighted by molar-refractivity contribution is 7.98. The molecule has 236 valence electrons. The predicted octanol–water partition coefficient (Wildman–Crippen LogP) is 8.04. The summed E-state index contributed by atoms with van der Waals surface area (Å²) in [6, 6.07) is 24.6. The number of rotatable bonds is 8. The van der Waals surface area contributed by atoms with Gasteiger partial charge < -0.3 is 15.0 Å². The summed E-state index contributed by atoms with van der Waals surface area (Å²) >= 11 is 1.67. The zero-order valence-corrected chi connectivity index (χ0v) is 27.4. The molecule has 0 bridgehead atoms. The number of nitrogens with one attached hydrogen (secondary N) is 2. The van der Waals surface area contributed by atoms with Gasteiger partial charge in [-0.15, -0.1) is 11.8 Å². The number of anilines is 2. The van der Waals surface area contributed by atoms with E-state index in [2.05, 4.69) is 36.4 Å². The van der Waals surface area contributed by atoms with Crippen LogP contribution < -0.4 is 15.4 Å². The summed E-state index contributed by atoms with van der Waals surface area (Å²) in [4.78, 5) is 33.5. The van der Waals surface area contributed by atoms with E-state index in [-0.39, 0.29) is 23.8 Å². The number of nitrogens with zero attached hydrogens (tertiary/aromatic N) is 4. The molecular formula is C36H38N6O3S. The van der Waals surface area contributed by atoms with Crippen molar-refractivity contribution in [2.45, 2.75) is 50.3 Å². The van der Waals surface area contributed by atoms with Crippen LogP contribution in [-0.4, -0.2) is 50.9 Å². The second kappa shape index (κ2) is 13.3. The maximum absolute atomic E-state index is 13.4. The Morgan fingerprint density at radius 2 is 1.65 bits per heavy atom. The van der Waals surface area contributed by atoms with Gasteiger partial charge in [0.2, 0.25) is 5.91 Å². The van der Waals surface area contributed by atoms with Crippen molar-refractivity contribution >= 4 is 46.0 Å². The van der Waals surface area contributed by atoms with Crippen LogP contribution in [0.25, 0.3) is 16.5 Å². The highest BCUT2D eigenvalue weighted by Gasteiger charge is 2.22. The Morgan fingerprint density at radius 3 is 2.37 bits per heavy atom. The van der Waals surface area contributed by atoms with Gasteiger partial charge in [0.15, 0.2) is 0 Å². The minimum atomic E-state index is -0.386. The van der Waals surface area contributed by atoms with E-state index in [1.54, 1.807) is 28.7 Å². The molecular weight excluding hydrogens is 597 g/mol. The molecule has 1 fully saturated rings. The molecule has 1 saturated heterocycles. The first kappa shape index (κ1) is 31.2. The molecule has 0 atom stereocenters. The van der Waals surface area contributed by atoms with Crippen LogP contribution >= 0.6 is 11.8 Å². The number of hydrogen-bond acceptors (Lipinski definition) is 6. The Kier molecular flexibility index (Phi) is 8.99. The third-order valence-corrected chi connectivity index (χ3v) is 8.72. The summed E-state index contributed by atoms with van der Waals surface area (Å²) in [5.74, 6) is 1.88. The average molecular weight is 635 g/mol. The third kappa shape index (κ3) is 7.02. The summed E-state index contributed by atoms with van der Waals surface area (Å²) in [6.45, 7) is 7.91. The van der Waals surface area contributed by atoms with E-state index < -0.39 is 0 Å². The van der Waals surface area contributed by atoms with E-state index in [0.717, 1.165) is 53.0 Å². The molecule has 46 heavy (non-hydrogen) atoms. The van der Waals surface area contributed by atoms with Gasteiger partial charge in [-0.2, -0.15) is 5.10 Å². The van der Waals surface area contributed by atoms with Crippen LogP contribution in [0.4, 0.5) is 16.3 Å². The lowest BCUT2D eigenvalue weighted by Gasteiger charge is -2.16. The second-order valence-corrected chi connectivity index (χ2v) is 13.2. The zero-order valence-electron chi connectivity index (χ0n) is 26.5. The minimum Gasteiger partial charge on any atom is -0.457 e. The molecule has 9 nitrogen and oxygen atoms in total. The minimum absolute atomic E-state index is 0.0903. The number of amides is 3. The van der Waals surface area contributed by atoms with Gasteiger partial charge in [0.1, 0.15) is 17.3 Å². The first-order valence-corrected chi connectivity index (χ1v) is 16.7. The van der Waals surface area contributed by atoms with Gasteiger partial charge in [0, 0.05) is 52.5 Å². The van der Waals surface area contributed by atoms with Gasteiger partial charge in [-0.3, -0.25) is 15.1 Å². The molecule has 10 heteroatoms. The molecule has 0 spiro atoms. The third-order valence-electron chi connectivity index (χ3n) is 7.98. The average Bonchev–Trinajstić information content (AvgIpc) is 3.74. The Hall–Kier alpha value is -4.83. The van der Waals surface area contributed by atoms with Gasteiger partial charge in [-0.05, 0) is 61.6 Å². The number of thioether (sulfide) groups is 1. The number of hydrogen-bond donors (Lipinski definition) is 2. The Morgan fingerprint density at radius 1 is 0.913 bits per heavy atom. The van der Waals surface area contributed by atoms with Crippen molar-refractivity contribution in [1.29, 1.82) is 0 Å². The summed E-state index contributed by atoms with van der Waals surface area (Å²) in [7, 11) is 0. The number of fused-ring (bicyclic) bond motifs is 1. The van der Waals surface area contributed by atoms with E-state index >= 15 is 0 Å². The molecule has 3 aromatic carbocycles. The van der Waals surface area contributed by atoms with Crippen LogP contribution in [0.5, 0.6) is 11.5 Å². The summed E-state index contributed by atoms with van der Waals surface area (Å²) in [5, 5.41) is 12.5. The molecule has 3 amide bonds. The van der Waals surface area contributed by atoms with E-state index in [1.807, 2.05) is 84.0 Å².